The molecule has 1 aliphatic rings. The summed E-state index contributed by atoms with van der Waals surface area (Å²) in [5.41, 5.74) is 0.0397. The number of aryl methyl sites for hydroxylation is 1. The Morgan fingerprint density at radius 2 is 2.17 bits per heavy atom. The molecule has 122 valence electrons. The fraction of sp³-hybridized carbons (Fsp3) is 0.333. The zero-order valence-electron chi connectivity index (χ0n) is 12.9. The highest BCUT2D eigenvalue weighted by Crippen LogP contribution is 2.19. The van der Waals surface area contributed by atoms with E-state index in [-0.39, 0.29) is 34.8 Å². The monoisotopic (exact) mass is 326 g/mol. The van der Waals surface area contributed by atoms with E-state index >= 15 is 0 Å². The van der Waals surface area contributed by atoms with Gasteiger partial charge >= 0.3 is 0 Å². The minimum absolute atomic E-state index is 0.113. The van der Waals surface area contributed by atoms with E-state index in [0.717, 1.165) is 4.68 Å². The molecule has 1 fully saturated rings. The number of aromatic nitrogens is 4. The third-order valence-corrected chi connectivity index (χ3v) is 3.66. The SMILES string of the molecule is Cn1nc(C(=O)N2CCC(Oc3nccnc3C#N)C2)ccc1=O. The van der Waals surface area contributed by atoms with Crippen LogP contribution in [0.1, 0.15) is 22.6 Å². The van der Waals surface area contributed by atoms with Crippen molar-refractivity contribution in [1.29, 1.82) is 5.26 Å². The molecule has 2 aromatic heterocycles. The van der Waals surface area contributed by atoms with Crippen molar-refractivity contribution in [3.8, 4) is 11.9 Å². The predicted molar refractivity (Wildman–Crippen MR) is 81.2 cm³/mol. The second-order valence-corrected chi connectivity index (χ2v) is 5.28. The third-order valence-electron chi connectivity index (χ3n) is 3.66. The third kappa shape index (κ3) is 3.08. The molecule has 9 heteroatoms. The van der Waals surface area contributed by atoms with Gasteiger partial charge in [0.1, 0.15) is 17.9 Å². The number of carbonyl (C=O) groups excluding carboxylic acids is 1. The van der Waals surface area contributed by atoms with Crippen molar-refractivity contribution in [1.82, 2.24) is 24.6 Å². The number of ether oxygens (including phenoxy) is 1. The minimum Gasteiger partial charge on any atom is -0.470 e. The maximum Gasteiger partial charge on any atom is 0.274 e. The Kier molecular flexibility index (Phi) is 4.20. The molecule has 1 aliphatic heterocycles. The standard InChI is InChI=1S/C15H14N6O3/c1-20-13(22)3-2-11(19-20)15(23)21-7-4-10(9-21)24-14-12(8-16)17-5-6-18-14/h2-3,5-6,10H,4,7,9H2,1H3. The first-order valence-corrected chi connectivity index (χ1v) is 7.30. The van der Waals surface area contributed by atoms with Gasteiger partial charge < -0.3 is 9.64 Å². The lowest BCUT2D eigenvalue weighted by Gasteiger charge is -2.16. The molecule has 0 radical (unpaired) electrons. The van der Waals surface area contributed by atoms with Gasteiger partial charge in [0.15, 0.2) is 0 Å². The van der Waals surface area contributed by atoms with Crippen molar-refractivity contribution in [2.45, 2.75) is 12.5 Å². The van der Waals surface area contributed by atoms with Crippen molar-refractivity contribution in [3.05, 3.63) is 46.3 Å². The van der Waals surface area contributed by atoms with Gasteiger partial charge in [-0.3, -0.25) is 9.59 Å². The van der Waals surface area contributed by atoms with Gasteiger partial charge in [-0.2, -0.15) is 10.4 Å². The quantitative estimate of drug-likeness (QED) is 0.763. The van der Waals surface area contributed by atoms with Gasteiger partial charge in [0.25, 0.3) is 17.3 Å². The van der Waals surface area contributed by atoms with Crippen LogP contribution in [0.3, 0.4) is 0 Å². The Bertz CT molecular complexity index is 872. The molecule has 3 rings (SSSR count). The highest BCUT2D eigenvalue weighted by atomic mass is 16.5. The molecule has 3 heterocycles. The van der Waals surface area contributed by atoms with Crippen molar-refractivity contribution in [3.63, 3.8) is 0 Å². The fourth-order valence-electron chi connectivity index (χ4n) is 2.43. The van der Waals surface area contributed by atoms with Gasteiger partial charge in [0.2, 0.25) is 5.69 Å². The zero-order valence-corrected chi connectivity index (χ0v) is 12.9. The molecule has 9 nitrogen and oxygen atoms in total. The van der Waals surface area contributed by atoms with Gasteiger partial charge in [-0.15, -0.1) is 0 Å². The number of rotatable bonds is 3. The fourth-order valence-corrected chi connectivity index (χ4v) is 2.43. The van der Waals surface area contributed by atoms with Crippen LogP contribution < -0.4 is 10.3 Å². The molecule has 1 atom stereocenters. The van der Waals surface area contributed by atoms with Crippen LogP contribution in [0.2, 0.25) is 0 Å². The van der Waals surface area contributed by atoms with Crippen LogP contribution in [0.25, 0.3) is 0 Å². The smallest absolute Gasteiger partial charge is 0.274 e. The van der Waals surface area contributed by atoms with E-state index in [2.05, 4.69) is 15.1 Å². The van der Waals surface area contributed by atoms with Crippen LogP contribution in [0.4, 0.5) is 0 Å². The first-order valence-electron chi connectivity index (χ1n) is 7.30. The summed E-state index contributed by atoms with van der Waals surface area (Å²) in [6.07, 6.45) is 3.20. The molecule has 1 unspecified atom stereocenters. The molecule has 1 saturated heterocycles. The van der Waals surface area contributed by atoms with Crippen LogP contribution in [-0.4, -0.2) is 49.7 Å². The second-order valence-electron chi connectivity index (χ2n) is 5.28. The number of nitriles is 1. The largest absolute Gasteiger partial charge is 0.470 e. The average Bonchev–Trinajstić information content (AvgIpc) is 3.05. The highest BCUT2D eigenvalue weighted by Gasteiger charge is 2.30. The Labute approximate surface area is 137 Å². The summed E-state index contributed by atoms with van der Waals surface area (Å²) in [6, 6.07) is 4.64. The summed E-state index contributed by atoms with van der Waals surface area (Å²) in [6.45, 7) is 0.848. The van der Waals surface area contributed by atoms with E-state index in [4.69, 9.17) is 10.00 Å². The van der Waals surface area contributed by atoms with E-state index in [1.54, 1.807) is 4.90 Å². The predicted octanol–water partition coefficient (Wildman–Crippen LogP) is -0.265. The summed E-state index contributed by atoms with van der Waals surface area (Å²) in [7, 11) is 1.49. The van der Waals surface area contributed by atoms with Gasteiger partial charge in [0, 0.05) is 38.5 Å². The Morgan fingerprint density at radius 3 is 2.92 bits per heavy atom. The van der Waals surface area contributed by atoms with E-state index in [1.165, 1.54) is 31.6 Å². The lowest BCUT2D eigenvalue weighted by atomic mass is 10.3. The number of carbonyl (C=O) groups is 1. The lowest BCUT2D eigenvalue weighted by Crippen LogP contribution is -2.33. The van der Waals surface area contributed by atoms with Crippen LogP contribution >= 0.6 is 0 Å². The van der Waals surface area contributed by atoms with Crippen molar-refractivity contribution in [2.75, 3.05) is 13.1 Å². The molecule has 0 saturated carbocycles. The summed E-state index contributed by atoms with van der Waals surface area (Å²) >= 11 is 0. The first kappa shape index (κ1) is 15.6. The van der Waals surface area contributed by atoms with Gasteiger partial charge in [-0.25, -0.2) is 14.6 Å². The number of amides is 1. The van der Waals surface area contributed by atoms with E-state index in [1.807, 2.05) is 6.07 Å². The van der Waals surface area contributed by atoms with E-state index in [9.17, 15) is 9.59 Å². The maximum atomic E-state index is 12.4. The van der Waals surface area contributed by atoms with E-state index in [0.29, 0.717) is 19.5 Å². The molecule has 2 aromatic rings. The van der Waals surface area contributed by atoms with Crippen LogP contribution in [-0.2, 0) is 7.05 Å². The topological polar surface area (TPSA) is 114 Å². The average molecular weight is 326 g/mol. The number of hydrogen-bond donors (Lipinski definition) is 0. The number of hydrogen-bond acceptors (Lipinski definition) is 7. The van der Waals surface area contributed by atoms with Crippen LogP contribution in [0, 0.1) is 11.3 Å². The van der Waals surface area contributed by atoms with Crippen LogP contribution in [0.5, 0.6) is 5.88 Å². The Hall–Kier alpha value is -3.28. The van der Waals surface area contributed by atoms with Crippen LogP contribution in [0.15, 0.2) is 29.3 Å². The molecule has 1 amide bonds. The van der Waals surface area contributed by atoms with Gasteiger partial charge in [0.05, 0.1) is 6.54 Å². The van der Waals surface area contributed by atoms with Crippen molar-refractivity contribution >= 4 is 5.91 Å². The summed E-state index contributed by atoms with van der Waals surface area (Å²) in [5.74, 6) is -0.101. The lowest BCUT2D eigenvalue weighted by molar-refractivity contribution is 0.0762. The number of nitrogens with zero attached hydrogens (tertiary/aromatic N) is 6. The normalized spacial score (nSPS) is 16.7. The summed E-state index contributed by atoms with van der Waals surface area (Å²) in [4.78, 5) is 33.3. The Balaban J connectivity index is 1.69. The zero-order chi connectivity index (χ0) is 17.1. The Morgan fingerprint density at radius 1 is 1.38 bits per heavy atom. The molecule has 0 aliphatic carbocycles. The highest BCUT2D eigenvalue weighted by molar-refractivity contribution is 5.92. The maximum absolute atomic E-state index is 12.4. The van der Waals surface area contributed by atoms with E-state index < -0.39 is 0 Å². The minimum atomic E-state index is -0.277. The molecular formula is C15H14N6O3. The van der Waals surface area contributed by atoms with Gasteiger partial charge in [-0.05, 0) is 6.07 Å². The second kappa shape index (κ2) is 6.45. The molecule has 24 heavy (non-hydrogen) atoms. The summed E-state index contributed by atoms with van der Waals surface area (Å²) < 4.78 is 6.81. The summed E-state index contributed by atoms with van der Waals surface area (Å²) in [5, 5.41) is 13.0. The molecule has 0 spiro atoms. The first-order chi connectivity index (χ1) is 11.6. The molecule has 0 bridgehead atoms. The molecule has 0 N–H and O–H groups in total. The molecular weight excluding hydrogens is 312 g/mol. The number of likely N-dealkylation sites (tertiary alicyclic amines) is 1. The molecule has 0 aromatic carbocycles. The van der Waals surface area contributed by atoms with Crippen molar-refractivity contribution < 1.29 is 9.53 Å². The van der Waals surface area contributed by atoms with Crippen molar-refractivity contribution in [2.24, 2.45) is 7.05 Å². The van der Waals surface area contributed by atoms with Gasteiger partial charge in [-0.1, -0.05) is 0 Å².